The first-order valence-corrected chi connectivity index (χ1v) is 10.8. The summed E-state index contributed by atoms with van der Waals surface area (Å²) in [7, 11) is 1.67. The van der Waals surface area contributed by atoms with Crippen molar-refractivity contribution in [3.05, 3.63) is 29.3 Å². The number of likely N-dealkylation sites (tertiary alicyclic amines) is 1. The number of nitrogens with zero attached hydrogens (tertiary/aromatic N) is 1. The van der Waals surface area contributed by atoms with Crippen LogP contribution in [0, 0.1) is 11.8 Å². The number of benzene rings is 1. The predicted octanol–water partition coefficient (Wildman–Crippen LogP) is 2.07. The number of carbonyl (C=O) groups is 1. The first-order chi connectivity index (χ1) is 13.5. The van der Waals surface area contributed by atoms with Crippen LogP contribution in [0.5, 0.6) is 5.75 Å². The van der Waals surface area contributed by atoms with E-state index in [0.717, 1.165) is 43.2 Å². The fourth-order valence-electron chi connectivity index (χ4n) is 6.38. The number of Topliss-reactive ketones (excluding diaryl/α,β-unsaturated/α-hetero) is 1. The van der Waals surface area contributed by atoms with E-state index < -0.39 is 11.0 Å². The minimum Gasteiger partial charge on any atom is -0.497 e. The fourth-order valence-corrected chi connectivity index (χ4v) is 6.38. The fraction of sp³-hybridized carbons (Fsp3) is 0.696. The normalized spacial score (nSPS) is 37.3. The highest BCUT2D eigenvalue weighted by molar-refractivity contribution is 5.85. The van der Waals surface area contributed by atoms with Gasteiger partial charge in [-0.2, -0.15) is 0 Å². The number of methoxy groups -OCH3 is 1. The molecule has 152 valence electrons. The topological polar surface area (TPSA) is 70.0 Å². The minimum absolute atomic E-state index is 0.000349. The van der Waals surface area contributed by atoms with E-state index in [1.807, 2.05) is 6.07 Å². The highest BCUT2D eigenvalue weighted by atomic mass is 16.5. The first-order valence-electron chi connectivity index (χ1n) is 10.8. The zero-order valence-corrected chi connectivity index (χ0v) is 16.7. The third kappa shape index (κ3) is 2.59. The predicted molar refractivity (Wildman–Crippen MR) is 105 cm³/mol. The van der Waals surface area contributed by atoms with E-state index in [4.69, 9.17) is 4.74 Å². The van der Waals surface area contributed by atoms with Crippen LogP contribution >= 0.6 is 0 Å². The Hall–Kier alpha value is -1.43. The second-order valence-corrected chi connectivity index (χ2v) is 9.49. The maximum Gasteiger partial charge on any atom is 0.137 e. The standard InChI is InChI=1S/C23H31NO4/c1-28-18-5-4-16-10-21-23(27)12-17(6-9-25)20(26)13-22(23,19(16)11-18)7-8-24(21)14-15-2-3-15/h4-5,11,15,17,21,25,27H,2-3,6-10,12-14H2,1H3/t17-,21+,22?,23+/m0/s1. The summed E-state index contributed by atoms with van der Waals surface area (Å²) in [5.41, 5.74) is 0.924. The first kappa shape index (κ1) is 18.6. The van der Waals surface area contributed by atoms with Crippen LogP contribution in [-0.4, -0.2) is 59.3 Å². The molecule has 5 heteroatoms. The van der Waals surface area contributed by atoms with Gasteiger partial charge in [0, 0.05) is 36.9 Å². The molecule has 4 aliphatic rings. The number of aliphatic hydroxyl groups excluding tert-OH is 1. The number of piperidine rings is 1. The number of aliphatic hydroxyl groups is 2. The van der Waals surface area contributed by atoms with Crippen molar-refractivity contribution in [2.24, 2.45) is 11.8 Å². The van der Waals surface area contributed by atoms with E-state index in [2.05, 4.69) is 17.0 Å². The average molecular weight is 386 g/mol. The molecule has 1 heterocycles. The van der Waals surface area contributed by atoms with Gasteiger partial charge >= 0.3 is 0 Å². The van der Waals surface area contributed by atoms with E-state index in [9.17, 15) is 15.0 Å². The van der Waals surface area contributed by atoms with Crippen LogP contribution < -0.4 is 4.74 Å². The van der Waals surface area contributed by atoms with Crippen molar-refractivity contribution in [3.8, 4) is 5.75 Å². The molecule has 3 aliphatic carbocycles. The molecule has 0 radical (unpaired) electrons. The Morgan fingerprint density at radius 3 is 2.86 bits per heavy atom. The molecule has 0 spiro atoms. The Morgan fingerprint density at radius 1 is 1.32 bits per heavy atom. The van der Waals surface area contributed by atoms with Gasteiger partial charge in [-0.15, -0.1) is 0 Å². The van der Waals surface area contributed by atoms with E-state index in [-0.39, 0.29) is 24.3 Å². The highest BCUT2D eigenvalue weighted by Gasteiger charge is 2.66. The molecule has 1 aromatic rings. The highest BCUT2D eigenvalue weighted by Crippen LogP contribution is 2.59. The second-order valence-electron chi connectivity index (χ2n) is 9.49. The van der Waals surface area contributed by atoms with Crippen molar-refractivity contribution in [1.29, 1.82) is 0 Å². The lowest BCUT2D eigenvalue weighted by Crippen LogP contribution is -2.74. The van der Waals surface area contributed by atoms with Crippen molar-refractivity contribution in [2.75, 3.05) is 26.8 Å². The lowest BCUT2D eigenvalue weighted by Gasteiger charge is -2.64. The van der Waals surface area contributed by atoms with Crippen molar-refractivity contribution in [2.45, 2.75) is 62.0 Å². The molecule has 1 aromatic carbocycles. The Balaban J connectivity index is 1.62. The average Bonchev–Trinajstić information content (AvgIpc) is 3.49. The zero-order chi connectivity index (χ0) is 19.5. The molecule has 0 aromatic heterocycles. The summed E-state index contributed by atoms with van der Waals surface area (Å²) < 4.78 is 5.49. The number of rotatable bonds is 5. The minimum atomic E-state index is -0.923. The van der Waals surface area contributed by atoms with E-state index >= 15 is 0 Å². The molecule has 1 unspecified atom stereocenters. The van der Waals surface area contributed by atoms with Gasteiger partial charge in [-0.1, -0.05) is 6.07 Å². The van der Waals surface area contributed by atoms with Crippen molar-refractivity contribution < 1.29 is 19.7 Å². The Morgan fingerprint density at radius 2 is 2.14 bits per heavy atom. The van der Waals surface area contributed by atoms with Crippen LogP contribution in [0.1, 0.15) is 49.7 Å². The van der Waals surface area contributed by atoms with Gasteiger partial charge in [0.1, 0.15) is 11.5 Å². The van der Waals surface area contributed by atoms with Gasteiger partial charge in [0.15, 0.2) is 0 Å². The molecule has 1 saturated heterocycles. The number of ether oxygens (including phenoxy) is 1. The summed E-state index contributed by atoms with van der Waals surface area (Å²) in [5, 5.41) is 21.7. The molecule has 2 N–H and O–H groups in total. The molecule has 1 aliphatic heterocycles. The maximum absolute atomic E-state index is 13.0. The van der Waals surface area contributed by atoms with Gasteiger partial charge in [0.05, 0.1) is 12.7 Å². The van der Waals surface area contributed by atoms with E-state index in [1.54, 1.807) is 7.11 Å². The van der Waals surface area contributed by atoms with Crippen LogP contribution in [0.15, 0.2) is 18.2 Å². The summed E-state index contributed by atoms with van der Waals surface area (Å²) in [6, 6.07) is 6.25. The summed E-state index contributed by atoms with van der Waals surface area (Å²) in [6.45, 7) is 2.01. The molecule has 0 amide bonds. The maximum atomic E-state index is 13.0. The molecule has 5 nitrogen and oxygen atoms in total. The van der Waals surface area contributed by atoms with Gasteiger partial charge in [0.25, 0.3) is 0 Å². The summed E-state index contributed by atoms with van der Waals surface area (Å²) in [5.74, 6) is 1.52. The lowest BCUT2D eigenvalue weighted by atomic mass is 9.47. The van der Waals surface area contributed by atoms with E-state index in [1.165, 1.54) is 18.4 Å². The Labute approximate surface area is 166 Å². The largest absolute Gasteiger partial charge is 0.497 e. The number of fused-ring (bicyclic) bond motifs is 1. The summed E-state index contributed by atoms with van der Waals surface area (Å²) in [4.78, 5) is 15.6. The van der Waals surface area contributed by atoms with Crippen LogP contribution in [0.2, 0.25) is 0 Å². The number of ketones is 1. The lowest BCUT2D eigenvalue weighted by molar-refractivity contribution is -0.182. The van der Waals surface area contributed by atoms with Gasteiger partial charge in [-0.25, -0.2) is 0 Å². The van der Waals surface area contributed by atoms with Crippen LogP contribution in [0.3, 0.4) is 0 Å². The third-order valence-corrected chi connectivity index (χ3v) is 8.05. The number of carbonyl (C=O) groups excluding carboxylic acids is 1. The third-order valence-electron chi connectivity index (χ3n) is 8.05. The SMILES string of the molecule is COc1ccc2c(c1)C13CCN(CC4CC4)[C@H](C2)[C@]1(O)C[C@H](CCO)C(=O)C3. The van der Waals surface area contributed by atoms with Gasteiger partial charge < -0.3 is 14.9 Å². The Kier molecular flexibility index (Phi) is 4.34. The summed E-state index contributed by atoms with van der Waals surface area (Å²) in [6.07, 6.45) is 5.53. The Bertz CT molecular complexity index is 791. The molecule has 2 saturated carbocycles. The van der Waals surface area contributed by atoms with Crippen LogP contribution in [0.4, 0.5) is 0 Å². The summed E-state index contributed by atoms with van der Waals surface area (Å²) >= 11 is 0. The smallest absolute Gasteiger partial charge is 0.137 e. The van der Waals surface area contributed by atoms with Gasteiger partial charge in [-0.3, -0.25) is 9.69 Å². The molecule has 2 bridgehead atoms. The van der Waals surface area contributed by atoms with E-state index in [0.29, 0.717) is 19.3 Å². The zero-order valence-electron chi connectivity index (χ0n) is 16.7. The molecule has 28 heavy (non-hydrogen) atoms. The van der Waals surface area contributed by atoms with Crippen molar-refractivity contribution in [1.82, 2.24) is 4.90 Å². The van der Waals surface area contributed by atoms with Gasteiger partial charge in [-0.05, 0) is 74.2 Å². The number of hydrogen-bond acceptors (Lipinski definition) is 5. The van der Waals surface area contributed by atoms with Crippen molar-refractivity contribution >= 4 is 5.78 Å². The molecule has 3 fully saturated rings. The monoisotopic (exact) mass is 385 g/mol. The molecular formula is C23H31NO4. The molecule has 4 atom stereocenters. The number of hydrogen-bond donors (Lipinski definition) is 2. The molecular weight excluding hydrogens is 354 g/mol. The van der Waals surface area contributed by atoms with Crippen LogP contribution in [-0.2, 0) is 16.6 Å². The second kappa shape index (κ2) is 6.54. The quantitative estimate of drug-likeness (QED) is 0.812. The van der Waals surface area contributed by atoms with Crippen molar-refractivity contribution in [3.63, 3.8) is 0 Å². The molecule has 5 rings (SSSR count). The van der Waals surface area contributed by atoms with Gasteiger partial charge in [0.2, 0.25) is 0 Å². The van der Waals surface area contributed by atoms with Crippen LogP contribution in [0.25, 0.3) is 0 Å².